The maximum atomic E-state index is 5.27. The lowest BCUT2D eigenvalue weighted by Gasteiger charge is -1.94. The fourth-order valence-electron chi connectivity index (χ4n) is 1.44. The second kappa shape index (κ2) is 3.41. The SMILES string of the molecule is NC(N)=NCc1c[nH]c2ccccc12. The monoisotopic (exact) mass is 188 g/mol. The van der Waals surface area contributed by atoms with E-state index in [1.54, 1.807) is 0 Å². The smallest absolute Gasteiger partial charge is 0.186 e. The summed E-state index contributed by atoms with van der Waals surface area (Å²) in [5.74, 6) is 0.121. The summed E-state index contributed by atoms with van der Waals surface area (Å²) in [6.45, 7) is 0.520. The standard InChI is InChI=1S/C10H12N4/c11-10(12)14-6-7-5-13-9-4-2-1-3-8(7)9/h1-5,13H,6H2,(H4,11,12,14). The molecule has 0 spiro atoms. The van der Waals surface area contributed by atoms with Crippen molar-refractivity contribution in [3.63, 3.8) is 0 Å². The lowest BCUT2D eigenvalue weighted by Crippen LogP contribution is -2.22. The zero-order valence-corrected chi connectivity index (χ0v) is 7.70. The molecule has 0 aliphatic rings. The lowest BCUT2D eigenvalue weighted by molar-refractivity contribution is 1.07. The third kappa shape index (κ3) is 1.54. The highest BCUT2D eigenvalue weighted by Gasteiger charge is 2.00. The molecule has 0 amide bonds. The highest BCUT2D eigenvalue weighted by atomic mass is 15.0. The number of nitrogens with one attached hydrogen (secondary N) is 1. The number of hydrogen-bond donors (Lipinski definition) is 3. The third-order valence-electron chi connectivity index (χ3n) is 2.11. The molecule has 5 N–H and O–H groups in total. The summed E-state index contributed by atoms with van der Waals surface area (Å²) < 4.78 is 0. The van der Waals surface area contributed by atoms with Crippen LogP contribution < -0.4 is 11.5 Å². The Morgan fingerprint density at radius 2 is 2.07 bits per heavy atom. The Hall–Kier alpha value is -1.97. The molecule has 0 bridgehead atoms. The first kappa shape index (κ1) is 8.62. The molecule has 0 radical (unpaired) electrons. The number of guanidine groups is 1. The number of H-pyrrole nitrogens is 1. The van der Waals surface area contributed by atoms with Crippen molar-refractivity contribution < 1.29 is 0 Å². The number of benzene rings is 1. The summed E-state index contributed by atoms with van der Waals surface area (Å²) >= 11 is 0. The number of nitrogens with zero attached hydrogens (tertiary/aromatic N) is 1. The molecule has 0 fully saturated rings. The number of aromatic nitrogens is 1. The van der Waals surface area contributed by atoms with E-state index in [1.165, 1.54) is 0 Å². The highest BCUT2D eigenvalue weighted by molar-refractivity contribution is 5.83. The van der Waals surface area contributed by atoms with Gasteiger partial charge in [0.15, 0.2) is 5.96 Å². The van der Waals surface area contributed by atoms with E-state index in [1.807, 2.05) is 30.5 Å². The summed E-state index contributed by atoms with van der Waals surface area (Å²) in [5, 5.41) is 1.16. The molecule has 1 aromatic heterocycles. The molecule has 0 atom stereocenters. The van der Waals surface area contributed by atoms with Crippen molar-refractivity contribution in [2.45, 2.75) is 6.54 Å². The Morgan fingerprint density at radius 1 is 1.29 bits per heavy atom. The van der Waals surface area contributed by atoms with E-state index in [0.29, 0.717) is 6.54 Å². The molecule has 0 aliphatic carbocycles. The largest absolute Gasteiger partial charge is 0.370 e. The minimum absolute atomic E-state index is 0.121. The van der Waals surface area contributed by atoms with Crippen molar-refractivity contribution in [2.24, 2.45) is 16.5 Å². The molecule has 0 aliphatic heterocycles. The minimum atomic E-state index is 0.121. The number of nitrogens with two attached hydrogens (primary N) is 2. The van der Waals surface area contributed by atoms with Crippen LogP contribution in [0, 0.1) is 0 Å². The van der Waals surface area contributed by atoms with Gasteiger partial charge in [0.05, 0.1) is 6.54 Å². The molecule has 0 saturated carbocycles. The summed E-state index contributed by atoms with van der Waals surface area (Å²) in [6, 6.07) is 8.05. The second-order valence-electron chi connectivity index (χ2n) is 3.10. The van der Waals surface area contributed by atoms with E-state index in [2.05, 4.69) is 9.98 Å². The van der Waals surface area contributed by atoms with Crippen molar-refractivity contribution in [1.82, 2.24) is 4.98 Å². The molecular weight excluding hydrogens is 176 g/mol. The Bertz CT molecular complexity index is 466. The third-order valence-corrected chi connectivity index (χ3v) is 2.11. The Morgan fingerprint density at radius 3 is 2.86 bits per heavy atom. The van der Waals surface area contributed by atoms with Gasteiger partial charge in [0.1, 0.15) is 0 Å². The molecule has 1 heterocycles. The molecule has 1 aromatic carbocycles. The lowest BCUT2D eigenvalue weighted by atomic mass is 10.2. The molecule has 72 valence electrons. The van der Waals surface area contributed by atoms with Gasteiger partial charge in [-0.2, -0.15) is 0 Å². The number of aromatic amines is 1. The van der Waals surface area contributed by atoms with Gasteiger partial charge < -0.3 is 16.5 Å². The fraction of sp³-hybridized carbons (Fsp3) is 0.100. The summed E-state index contributed by atoms with van der Waals surface area (Å²) in [6.07, 6.45) is 1.93. The molecule has 0 saturated heterocycles. The maximum Gasteiger partial charge on any atom is 0.186 e. The average Bonchev–Trinajstić information content (AvgIpc) is 2.58. The van der Waals surface area contributed by atoms with Gasteiger partial charge in [0.25, 0.3) is 0 Å². The average molecular weight is 188 g/mol. The second-order valence-corrected chi connectivity index (χ2v) is 3.10. The zero-order valence-electron chi connectivity index (χ0n) is 7.70. The Kier molecular flexibility index (Phi) is 2.10. The van der Waals surface area contributed by atoms with Gasteiger partial charge in [-0.05, 0) is 11.6 Å². The predicted octanol–water partition coefficient (Wildman–Crippen LogP) is 0.941. The van der Waals surface area contributed by atoms with Crippen molar-refractivity contribution in [1.29, 1.82) is 0 Å². The van der Waals surface area contributed by atoms with Crippen LogP contribution in [0.3, 0.4) is 0 Å². The molecule has 0 unspecified atom stereocenters. The van der Waals surface area contributed by atoms with E-state index in [-0.39, 0.29) is 5.96 Å². The van der Waals surface area contributed by atoms with Gasteiger partial charge in [-0.3, -0.25) is 0 Å². The summed E-state index contributed by atoms with van der Waals surface area (Å²) in [4.78, 5) is 7.13. The van der Waals surface area contributed by atoms with Crippen LogP contribution in [0.4, 0.5) is 0 Å². The quantitative estimate of drug-likeness (QED) is 0.484. The first-order valence-electron chi connectivity index (χ1n) is 4.38. The number of hydrogen-bond acceptors (Lipinski definition) is 1. The van der Waals surface area contributed by atoms with Gasteiger partial charge in [0, 0.05) is 17.1 Å². The number of fused-ring (bicyclic) bond motifs is 1. The summed E-state index contributed by atoms with van der Waals surface area (Å²) in [7, 11) is 0. The van der Waals surface area contributed by atoms with Crippen LogP contribution in [0.1, 0.15) is 5.56 Å². The van der Waals surface area contributed by atoms with Crippen LogP contribution in [0.15, 0.2) is 35.5 Å². The fourth-order valence-corrected chi connectivity index (χ4v) is 1.44. The van der Waals surface area contributed by atoms with Gasteiger partial charge in [-0.1, -0.05) is 18.2 Å². The molecule has 2 rings (SSSR count). The topological polar surface area (TPSA) is 80.2 Å². The van der Waals surface area contributed by atoms with Gasteiger partial charge in [-0.25, -0.2) is 4.99 Å². The number of para-hydroxylation sites is 1. The molecular formula is C10H12N4. The molecule has 2 aromatic rings. The van der Waals surface area contributed by atoms with Crippen LogP contribution in [-0.2, 0) is 6.54 Å². The van der Waals surface area contributed by atoms with Gasteiger partial charge in [0.2, 0.25) is 0 Å². The predicted molar refractivity (Wildman–Crippen MR) is 57.8 cm³/mol. The van der Waals surface area contributed by atoms with Crippen molar-refractivity contribution in [3.8, 4) is 0 Å². The highest BCUT2D eigenvalue weighted by Crippen LogP contribution is 2.17. The van der Waals surface area contributed by atoms with E-state index in [9.17, 15) is 0 Å². The van der Waals surface area contributed by atoms with Crippen molar-refractivity contribution in [2.75, 3.05) is 0 Å². The minimum Gasteiger partial charge on any atom is -0.370 e. The first-order valence-corrected chi connectivity index (χ1v) is 4.38. The van der Waals surface area contributed by atoms with Gasteiger partial charge in [-0.15, -0.1) is 0 Å². The van der Waals surface area contributed by atoms with Gasteiger partial charge >= 0.3 is 0 Å². The van der Waals surface area contributed by atoms with Crippen LogP contribution >= 0.6 is 0 Å². The van der Waals surface area contributed by atoms with Crippen LogP contribution in [0.5, 0.6) is 0 Å². The molecule has 4 nitrogen and oxygen atoms in total. The molecule has 14 heavy (non-hydrogen) atoms. The van der Waals surface area contributed by atoms with Crippen LogP contribution in [-0.4, -0.2) is 10.9 Å². The Balaban J connectivity index is 2.38. The van der Waals surface area contributed by atoms with E-state index in [0.717, 1.165) is 16.5 Å². The normalized spacial score (nSPS) is 10.3. The maximum absolute atomic E-state index is 5.27. The van der Waals surface area contributed by atoms with E-state index < -0.39 is 0 Å². The van der Waals surface area contributed by atoms with Crippen LogP contribution in [0.25, 0.3) is 10.9 Å². The number of rotatable bonds is 2. The van der Waals surface area contributed by atoms with Crippen molar-refractivity contribution in [3.05, 3.63) is 36.0 Å². The number of aliphatic imine (C=N–C) groups is 1. The molecule has 4 heteroatoms. The van der Waals surface area contributed by atoms with E-state index in [4.69, 9.17) is 11.5 Å². The van der Waals surface area contributed by atoms with Crippen LogP contribution in [0.2, 0.25) is 0 Å². The zero-order chi connectivity index (χ0) is 9.97. The van der Waals surface area contributed by atoms with E-state index >= 15 is 0 Å². The summed E-state index contributed by atoms with van der Waals surface area (Å²) in [5.41, 5.74) is 12.8. The van der Waals surface area contributed by atoms with Crippen molar-refractivity contribution >= 4 is 16.9 Å². The Labute approximate surface area is 81.6 Å². The first-order chi connectivity index (χ1) is 6.77.